The summed E-state index contributed by atoms with van der Waals surface area (Å²) in [5, 5.41) is 0.991. The number of nitrogens with zero attached hydrogens (tertiary/aromatic N) is 4. The Bertz CT molecular complexity index is 1270. The standard InChI is InChI=1S/C29H33N5/c30-28-27-26(24-10-6-9-22(15-24)12-11-21-7-2-1-3-8-21)19-34(29(27)32-20-31-28)25-16-23(17-25)18-33-13-4-5-14-33/h1-3,6-10,15,19-20,23,25H,4-5,11-14,16-18H2,(H2,30,31,32)/t23-,25-. The van der Waals surface area contributed by atoms with Gasteiger partial charge in [-0.15, -0.1) is 0 Å². The van der Waals surface area contributed by atoms with Crippen LogP contribution in [0.15, 0.2) is 67.1 Å². The second-order valence-corrected chi connectivity index (χ2v) is 10.1. The number of likely N-dealkylation sites (tertiary alicyclic amines) is 1. The SMILES string of the molecule is Nc1ncnc2c1c(-c1cccc(CCc3ccccc3)c1)cn2[C@H]1C[C@H](CN2CCCC2)C1. The lowest BCUT2D eigenvalue weighted by Gasteiger charge is -2.38. The zero-order valence-electron chi connectivity index (χ0n) is 19.7. The van der Waals surface area contributed by atoms with E-state index in [9.17, 15) is 0 Å². The van der Waals surface area contributed by atoms with Gasteiger partial charge in [0.05, 0.1) is 5.39 Å². The first-order chi connectivity index (χ1) is 16.7. The van der Waals surface area contributed by atoms with Gasteiger partial charge in [0.1, 0.15) is 17.8 Å². The molecule has 5 heteroatoms. The predicted molar refractivity (Wildman–Crippen MR) is 139 cm³/mol. The summed E-state index contributed by atoms with van der Waals surface area (Å²) in [5.41, 5.74) is 12.4. The Labute approximate surface area is 201 Å². The molecule has 3 heterocycles. The normalized spacial score (nSPS) is 20.6. The van der Waals surface area contributed by atoms with Crippen LogP contribution in [0.2, 0.25) is 0 Å². The van der Waals surface area contributed by atoms with E-state index >= 15 is 0 Å². The van der Waals surface area contributed by atoms with Gasteiger partial charge in [-0.3, -0.25) is 0 Å². The first kappa shape index (κ1) is 21.4. The van der Waals surface area contributed by atoms with Crippen LogP contribution in [0.25, 0.3) is 22.2 Å². The summed E-state index contributed by atoms with van der Waals surface area (Å²) in [6.07, 6.45) is 11.1. The largest absolute Gasteiger partial charge is 0.383 e. The van der Waals surface area contributed by atoms with Crippen LogP contribution in [0, 0.1) is 5.92 Å². The van der Waals surface area contributed by atoms with E-state index in [0.29, 0.717) is 11.9 Å². The molecule has 34 heavy (non-hydrogen) atoms. The molecule has 0 amide bonds. The van der Waals surface area contributed by atoms with Crippen molar-refractivity contribution < 1.29 is 0 Å². The highest BCUT2D eigenvalue weighted by Gasteiger charge is 2.34. The van der Waals surface area contributed by atoms with Crippen LogP contribution >= 0.6 is 0 Å². The highest BCUT2D eigenvalue weighted by atomic mass is 15.2. The maximum atomic E-state index is 6.41. The molecule has 0 spiro atoms. The van der Waals surface area contributed by atoms with Crippen LogP contribution in [0.4, 0.5) is 5.82 Å². The number of aromatic nitrogens is 3. The first-order valence-corrected chi connectivity index (χ1v) is 12.7. The van der Waals surface area contributed by atoms with Gasteiger partial charge in [0.25, 0.3) is 0 Å². The fraction of sp³-hybridized carbons (Fsp3) is 0.379. The van der Waals surface area contributed by atoms with E-state index in [0.717, 1.165) is 35.4 Å². The van der Waals surface area contributed by atoms with Crippen LogP contribution in [0.3, 0.4) is 0 Å². The Hall–Kier alpha value is -3.18. The van der Waals surface area contributed by atoms with E-state index in [1.54, 1.807) is 6.33 Å². The van der Waals surface area contributed by atoms with Crippen molar-refractivity contribution in [2.24, 2.45) is 5.92 Å². The van der Waals surface area contributed by atoms with Gasteiger partial charge in [0.15, 0.2) is 0 Å². The van der Waals surface area contributed by atoms with Gasteiger partial charge in [-0.1, -0.05) is 54.6 Å². The van der Waals surface area contributed by atoms with Crippen molar-refractivity contribution in [3.63, 3.8) is 0 Å². The van der Waals surface area contributed by atoms with Crippen molar-refractivity contribution in [3.05, 3.63) is 78.2 Å². The molecule has 0 unspecified atom stereocenters. The zero-order valence-corrected chi connectivity index (χ0v) is 19.7. The lowest BCUT2D eigenvalue weighted by Crippen LogP contribution is -2.35. The van der Waals surface area contributed by atoms with Gasteiger partial charge in [-0.05, 0) is 74.2 Å². The monoisotopic (exact) mass is 451 g/mol. The van der Waals surface area contributed by atoms with Gasteiger partial charge in [-0.25, -0.2) is 9.97 Å². The molecule has 0 radical (unpaired) electrons. The molecule has 1 saturated heterocycles. The fourth-order valence-electron chi connectivity index (χ4n) is 5.84. The molecule has 1 aliphatic heterocycles. The topological polar surface area (TPSA) is 60.0 Å². The quantitative estimate of drug-likeness (QED) is 0.402. The third kappa shape index (κ3) is 4.21. The summed E-state index contributed by atoms with van der Waals surface area (Å²) < 4.78 is 2.37. The summed E-state index contributed by atoms with van der Waals surface area (Å²) in [6.45, 7) is 3.81. The Morgan fingerprint density at radius 1 is 0.882 bits per heavy atom. The van der Waals surface area contributed by atoms with E-state index in [4.69, 9.17) is 5.73 Å². The number of nitrogens with two attached hydrogens (primary N) is 1. The third-order valence-corrected chi connectivity index (χ3v) is 7.74. The summed E-state index contributed by atoms with van der Waals surface area (Å²) in [7, 11) is 0. The van der Waals surface area contributed by atoms with E-state index in [2.05, 4.69) is 80.2 Å². The number of fused-ring (bicyclic) bond motifs is 1. The molecule has 2 aliphatic rings. The lowest BCUT2D eigenvalue weighted by atomic mass is 9.79. The zero-order chi connectivity index (χ0) is 22.9. The number of benzene rings is 2. The summed E-state index contributed by atoms with van der Waals surface area (Å²) in [5.74, 6) is 1.37. The van der Waals surface area contributed by atoms with Gasteiger partial charge < -0.3 is 15.2 Å². The molecule has 0 bridgehead atoms. The maximum Gasteiger partial charge on any atom is 0.146 e. The average molecular weight is 452 g/mol. The Morgan fingerprint density at radius 3 is 2.47 bits per heavy atom. The Morgan fingerprint density at radius 2 is 1.65 bits per heavy atom. The van der Waals surface area contributed by atoms with Crippen molar-refractivity contribution in [3.8, 4) is 11.1 Å². The fourth-order valence-corrected chi connectivity index (χ4v) is 5.84. The number of hydrogen-bond acceptors (Lipinski definition) is 4. The number of aryl methyl sites for hydroxylation is 2. The van der Waals surface area contributed by atoms with Crippen molar-refractivity contribution in [1.29, 1.82) is 0 Å². The van der Waals surface area contributed by atoms with Gasteiger partial charge in [-0.2, -0.15) is 0 Å². The van der Waals surface area contributed by atoms with Crippen LogP contribution in [-0.2, 0) is 12.8 Å². The molecule has 5 nitrogen and oxygen atoms in total. The van der Waals surface area contributed by atoms with Crippen LogP contribution in [0.1, 0.15) is 42.9 Å². The summed E-state index contributed by atoms with van der Waals surface area (Å²) >= 11 is 0. The summed E-state index contributed by atoms with van der Waals surface area (Å²) in [6, 6.07) is 20.1. The average Bonchev–Trinajstić information content (AvgIpc) is 3.49. The number of hydrogen-bond donors (Lipinski definition) is 1. The van der Waals surface area contributed by atoms with Crippen molar-refractivity contribution in [1.82, 2.24) is 19.4 Å². The third-order valence-electron chi connectivity index (χ3n) is 7.74. The molecular formula is C29H33N5. The smallest absolute Gasteiger partial charge is 0.146 e. The first-order valence-electron chi connectivity index (χ1n) is 12.7. The van der Waals surface area contributed by atoms with E-state index in [1.807, 2.05) is 0 Å². The highest BCUT2D eigenvalue weighted by Crippen LogP contribution is 2.43. The van der Waals surface area contributed by atoms with Crippen LogP contribution in [-0.4, -0.2) is 39.1 Å². The van der Waals surface area contributed by atoms with Crippen molar-refractivity contribution >= 4 is 16.9 Å². The molecule has 0 atom stereocenters. The van der Waals surface area contributed by atoms with E-state index < -0.39 is 0 Å². The Balaban J connectivity index is 1.25. The number of rotatable bonds is 7. The number of nitrogen functional groups attached to an aromatic ring is 1. The van der Waals surface area contributed by atoms with Crippen LogP contribution < -0.4 is 5.73 Å². The number of anilines is 1. The minimum atomic E-state index is 0.499. The molecule has 6 rings (SSSR count). The van der Waals surface area contributed by atoms with Gasteiger partial charge >= 0.3 is 0 Å². The second kappa shape index (κ2) is 9.22. The second-order valence-electron chi connectivity index (χ2n) is 10.1. The lowest BCUT2D eigenvalue weighted by molar-refractivity contribution is 0.145. The Kier molecular flexibility index (Phi) is 5.79. The molecule has 2 aromatic carbocycles. The summed E-state index contributed by atoms with van der Waals surface area (Å²) in [4.78, 5) is 11.7. The molecule has 2 aromatic heterocycles. The minimum Gasteiger partial charge on any atom is -0.383 e. The van der Waals surface area contributed by atoms with Gasteiger partial charge in [0, 0.05) is 24.3 Å². The predicted octanol–water partition coefficient (Wildman–Crippen LogP) is 5.51. The van der Waals surface area contributed by atoms with Crippen LogP contribution in [0.5, 0.6) is 0 Å². The molecule has 2 N–H and O–H groups in total. The van der Waals surface area contributed by atoms with Crippen molar-refractivity contribution in [2.75, 3.05) is 25.4 Å². The molecule has 174 valence electrons. The molecule has 1 aliphatic carbocycles. The molecular weight excluding hydrogens is 418 g/mol. The van der Waals surface area contributed by atoms with Crippen molar-refractivity contribution in [2.45, 2.75) is 44.6 Å². The maximum absolute atomic E-state index is 6.41. The molecule has 2 fully saturated rings. The minimum absolute atomic E-state index is 0.499. The van der Waals surface area contributed by atoms with E-state index in [1.165, 1.54) is 62.0 Å². The van der Waals surface area contributed by atoms with E-state index in [-0.39, 0.29) is 0 Å². The highest BCUT2D eigenvalue weighted by molar-refractivity contribution is 6.00. The molecule has 1 saturated carbocycles. The van der Waals surface area contributed by atoms with Gasteiger partial charge in [0.2, 0.25) is 0 Å². The molecule has 4 aromatic rings.